The molecular weight excluding hydrogens is 602 g/mol. The number of nitrogens with two attached hydrogens (primary N) is 1. The molecule has 2 aliphatic rings. The highest BCUT2D eigenvalue weighted by Gasteiger charge is 2.38. The first kappa shape index (κ1) is 31.7. The van der Waals surface area contributed by atoms with Gasteiger partial charge in [-0.1, -0.05) is 11.6 Å². The fourth-order valence-corrected chi connectivity index (χ4v) is 6.13. The van der Waals surface area contributed by atoms with E-state index in [-0.39, 0.29) is 40.9 Å². The number of aryl methyl sites for hydroxylation is 2. The van der Waals surface area contributed by atoms with Crippen LogP contribution in [-0.4, -0.2) is 99.1 Å². The van der Waals surface area contributed by atoms with Crippen molar-refractivity contribution < 1.29 is 24.2 Å². The van der Waals surface area contributed by atoms with Crippen molar-refractivity contribution in [2.45, 2.75) is 34.2 Å². The van der Waals surface area contributed by atoms with Gasteiger partial charge in [0.25, 0.3) is 11.8 Å². The Balaban J connectivity index is 1.38. The maximum Gasteiger partial charge on any atom is 0.407 e. The minimum atomic E-state index is -0.916. The number of rotatable bonds is 8. The molecule has 45 heavy (non-hydrogen) atoms. The molecule has 5 rings (SSSR count). The Morgan fingerprint density at radius 3 is 2.53 bits per heavy atom. The number of amides is 3. The van der Waals surface area contributed by atoms with E-state index in [1.165, 1.54) is 9.80 Å². The second-order valence-corrected chi connectivity index (χ2v) is 11.5. The molecule has 0 spiro atoms. The number of methoxy groups -OCH3 is 1. The number of piperazine rings is 1. The number of carboxylic acid groups (broad SMARTS) is 1. The Morgan fingerprint density at radius 1 is 1.16 bits per heavy atom. The van der Waals surface area contributed by atoms with E-state index in [0.717, 1.165) is 11.1 Å². The molecule has 0 aromatic carbocycles. The molecule has 3 aromatic heterocycles. The molecule has 3 amide bonds. The Labute approximate surface area is 265 Å². The van der Waals surface area contributed by atoms with Crippen LogP contribution in [0.3, 0.4) is 0 Å². The molecule has 0 atom stereocenters. The molecule has 238 valence electrons. The molecule has 15 heteroatoms. The van der Waals surface area contributed by atoms with Crippen molar-refractivity contribution in [3.05, 3.63) is 56.2 Å². The fourth-order valence-electron chi connectivity index (χ4n) is 5.86. The maximum absolute atomic E-state index is 14.0. The van der Waals surface area contributed by atoms with Gasteiger partial charge in [-0.3, -0.25) is 24.4 Å². The fraction of sp³-hybridized carbons (Fsp3) is 0.400. The van der Waals surface area contributed by atoms with Crippen molar-refractivity contribution in [1.29, 1.82) is 0 Å². The number of hydrogen-bond donors (Lipinski definition) is 4. The summed E-state index contributed by atoms with van der Waals surface area (Å²) in [6, 6.07) is 0. The number of aromatic nitrogens is 4. The standard InChI is InChI=1S/C30H36ClN9O5/c1-15-13-34-21(17(3)24(15)45-5)14-40-26-23(25(31)36-29(32)37-26)19(28(40)42)12-20-16(2)22(18(4)35-20)27(41)33-6-7-38-8-10-39(11-9-38)30(43)44/h12-13,35H,6-11,14H2,1-5H3,(H,33,41)(H,43,44)(H2,32,36,37). The van der Waals surface area contributed by atoms with Crippen LogP contribution in [0.5, 0.6) is 5.75 Å². The van der Waals surface area contributed by atoms with E-state index >= 15 is 0 Å². The summed E-state index contributed by atoms with van der Waals surface area (Å²) in [4.78, 5) is 59.5. The number of nitrogens with zero attached hydrogens (tertiary/aromatic N) is 6. The lowest BCUT2D eigenvalue weighted by Crippen LogP contribution is -2.49. The maximum atomic E-state index is 14.0. The summed E-state index contributed by atoms with van der Waals surface area (Å²) >= 11 is 6.54. The van der Waals surface area contributed by atoms with Gasteiger partial charge in [0.15, 0.2) is 5.82 Å². The van der Waals surface area contributed by atoms with Crippen LogP contribution in [-0.2, 0) is 11.3 Å². The van der Waals surface area contributed by atoms with Gasteiger partial charge in [-0.05, 0) is 39.3 Å². The van der Waals surface area contributed by atoms with E-state index in [9.17, 15) is 14.4 Å². The summed E-state index contributed by atoms with van der Waals surface area (Å²) in [7, 11) is 1.59. The van der Waals surface area contributed by atoms with E-state index in [1.54, 1.807) is 33.2 Å². The smallest absolute Gasteiger partial charge is 0.407 e. The SMILES string of the molecule is COc1c(C)cnc(CN2C(=O)C(=Cc3[nH]c(C)c(C(=O)NCCN4CCN(C(=O)O)CC4)c3C)c3c(Cl)nc(N)nc32)c1C. The number of nitrogen functional groups attached to an aromatic ring is 1. The van der Waals surface area contributed by atoms with E-state index < -0.39 is 6.09 Å². The number of pyridine rings is 1. The average Bonchev–Trinajstić information content (AvgIpc) is 3.41. The van der Waals surface area contributed by atoms with Gasteiger partial charge >= 0.3 is 6.09 Å². The van der Waals surface area contributed by atoms with Gasteiger partial charge in [0, 0.05) is 68.0 Å². The van der Waals surface area contributed by atoms with Crippen molar-refractivity contribution in [1.82, 2.24) is 35.1 Å². The quantitative estimate of drug-likeness (QED) is 0.212. The average molecular weight is 638 g/mol. The first-order valence-corrected chi connectivity index (χ1v) is 14.8. The number of carbonyl (C=O) groups excluding carboxylic acids is 2. The van der Waals surface area contributed by atoms with Crippen molar-refractivity contribution in [3.63, 3.8) is 0 Å². The summed E-state index contributed by atoms with van der Waals surface area (Å²) < 4.78 is 5.55. The van der Waals surface area contributed by atoms with Gasteiger partial charge in [-0.15, -0.1) is 0 Å². The number of carbonyl (C=O) groups is 3. The van der Waals surface area contributed by atoms with Gasteiger partial charge in [-0.25, -0.2) is 9.78 Å². The monoisotopic (exact) mass is 637 g/mol. The summed E-state index contributed by atoms with van der Waals surface area (Å²) in [5.74, 6) is 0.269. The van der Waals surface area contributed by atoms with E-state index in [1.807, 2.05) is 13.8 Å². The summed E-state index contributed by atoms with van der Waals surface area (Å²) in [5.41, 5.74) is 11.2. The minimum absolute atomic E-state index is 0.0360. The summed E-state index contributed by atoms with van der Waals surface area (Å²) in [6.45, 7) is 10.6. The third-order valence-corrected chi connectivity index (χ3v) is 8.54. The van der Waals surface area contributed by atoms with Crippen LogP contribution in [0, 0.1) is 27.7 Å². The van der Waals surface area contributed by atoms with Gasteiger partial charge < -0.3 is 30.8 Å². The Morgan fingerprint density at radius 2 is 1.87 bits per heavy atom. The lowest BCUT2D eigenvalue weighted by molar-refractivity contribution is -0.113. The molecule has 0 aliphatic carbocycles. The van der Waals surface area contributed by atoms with Crippen molar-refractivity contribution in [2.75, 3.05) is 57.0 Å². The molecule has 1 fully saturated rings. The van der Waals surface area contributed by atoms with Gasteiger partial charge in [0.1, 0.15) is 10.9 Å². The Bertz CT molecular complexity index is 1710. The number of hydrogen-bond acceptors (Lipinski definition) is 9. The van der Waals surface area contributed by atoms with E-state index in [4.69, 9.17) is 27.2 Å². The lowest BCUT2D eigenvalue weighted by atomic mass is 10.1. The van der Waals surface area contributed by atoms with Crippen molar-refractivity contribution in [3.8, 4) is 5.75 Å². The lowest BCUT2D eigenvalue weighted by Gasteiger charge is -2.32. The van der Waals surface area contributed by atoms with Crippen molar-refractivity contribution >= 4 is 52.9 Å². The molecule has 2 aliphatic heterocycles. The normalized spacial score (nSPS) is 16.0. The highest BCUT2D eigenvalue weighted by atomic mass is 35.5. The van der Waals surface area contributed by atoms with Crippen LogP contribution in [0.25, 0.3) is 11.6 Å². The molecule has 0 bridgehead atoms. The number of ether oxygens (including phenoxy) is 1. The van der Waals surface area contributed by atoms with E-state index in [0.29, 0.717) is 78.8 Å². The highest BCUT2D eigenvalue weighted by molar-refractivity contribution is 6.41. The van der Waals surface area contributed by atoms with Gasteiger partial charge in [0.05, 0.1) is 36.0 Å². The molecule has 0 unspecified atom stereocenters. The molecule has 0 saturated carbocycles. The number of halogens is 1. The third kappa shape index (κ3) is 6.15. The Kier molecular flexibility index (Phi) is 8.98. The summed E-state index contributed by atoms with van der Waals surface area (Å²) in [5, 5.41) is 12.1. The molecule has 0 radical (unpaired) electrons. The molecule has 1 saturated heterocycles. The first-order chi connectivity index (χ1) is 21.4. The van der Waals surface area contributed by atoms with Crippen LogP contribution in [0.1, 0.15) is 49.7 Å². The zero-order valence-electron chi connectivity index (χ0n) is 25.8. The molecule has 5 N–H and O–H groups in total. The number of fused-ring (bicyclic) bond motifs is 1. The second kappa shape index (κ2) is 12.7. The van der Waals surface area contributed by atoms with Crippen LogP contribution >= 0.6 is 11.6 Å². The topological polar surface area (TPSA) is 183 Å². The molecule has 5 heterocycles. The van der Waals surface area contributed by atoms with Crippen molar-refractivity contribution in [2.24, 2.45) is 0 Å². The number of aromatic amines is 1. The first-order valence-electron chi connectivity index (χ1n) is 14.4. The number of anilines is 2. The van der Waals surface area contributed by atoms with Gasteiger partial charge in [-0.2, -0.15) is 4.98 Å². The number of H-pyrrole nitrogens is 1. The number of nitrogens with one attached hydrogen (secondary N) is 2. The highest BCUT2D eigenvalue weighted by Crippen LogP contribution is 2.42. The van der Waals surface area contributed by atoms with Crippen LogP contribution in [0.15, 0.2) is 6.20 Å². The molecule has 14 nitrogen and oxygen atoms in total. The van der Waals surface area contributed by atoms with E-state index in [2.05, 4.69) is 30.2 Å². The summed E-state index contributed by atoms with van der Waals surface area (Å²) in [6.07, 6.45) is 2.43. The predicted octanol–water partition coefficient (Wildman–Crippen LogP) is 2.79. The largest absolute Gasteiger partial charge is 0.496 e. The van der Waals surface area contributed by atoms with Crippen LogP contribution in [0.4, 0.5) is 16.6 Å². The third-order valence-electron chi connectivity index (χ3n) is 8.27. The minimum Gasteiger partial charge on any atom is -0.496 e. The molecular formula is C30H36ClN9O5. The molecule has 3 aromatic rings. The van der Waals surface area contributed by atoms with Gasteiger partial charge in [0.2, 0.25) is 5.95 Å². The zero-order valence-corrected chi connectivity index (χ0v) is 26.6. The van der Waals surface area contributed by atoms with Crippen LogP contribution < -0.4 is 20.7 Å². The van der Waals surface area contributed by atoms with Crippen LogP contribution in [0.2, 0.25) is 5.15 Å². The second-order valence-electron chi connectivity index (χ2n) is 11.1. The Hall–Kier alpha value is -4.69. The zero-order chi connectivity index (χ0) is 32.6. The predicted molar refractivity (Wildman–Crippen MR) is 169 cm³/mol.